The van der Waals surface area contributed by atoms with Crippen molar-refractivity contribution in [2.75, 3.05) is 5.32 Å². The summed E-state index contributed by atoms with van der Waals surface area (Å²) in [6.07, 6.45) is 3.86. The second-order valence-electron chi connectivity index (χ2n) is 9.97. The van der Waals surface area contributed by atoms with Crippen LogP contribution >= 0.6 is 0 Å². The van der Waals surface area contributed by atoms with E-state index >= 15 is 0 Å². The van der Waals surface area contributed by atoms with Gasteiger partial charge in [0.25, 0.3) is 0 Å². The summed E-state index contributed by atoms with van der Waals surface area (Å²) in [5.74, 6) is 0. The van der Waals surface area contributed by atoms with Crippen LogP contribution in [0.3, 0.4) is 0 Å². The highest BCUT2D eigenvalue weighted by atomic mass is 15.0. The molecule has 1 unspecified atom stereocenters. The minimum Gasteiger partial charge on any atom is -0.372 e. The molecule has 37 heavy (non-hydrogen) atoms. The van der Waals surface area contributed by atoms with Gasteiger partial charge in [0.15, 0.2) is 0 Å². The van der Waals surface area contributed by atoms with Crippen molar-refractivity contribution in [3.8, 4) is 11.3 Å². The molecule has 0 bridgehead atoms. The number of nitrogens with one attached hydrogen (secondary N) is 1. The van der Waals surface area contributed by atoms with Gasteiger partial charge in [0, 0.05) is 28.4 Å². The van der Waals surface area contributed by atoms with Crippen LogP contribution in [0.4, 0.5) is 5.69 Å². The Kier molecular flexibility index (Phi) is 5.03. The molecule has 7 rings (SSSR count). The predicted octanol–water partition coefficient (Wildman–Crippen LogP) is 8.24. The molecular weight excluding hydrogens is 450 g/mol. The molecule has 0 spiro atoms. The molecule has 0 saturated heterocycles. The van der Waals surface area contributed by atoms with E-state index in [4.69, 9.17) is 9.97 Å². The van der Waals surface area contributed by atoms with Crippen molar-refractivity contribution in [1.82, 2.24) is 9.97 Å². The average molecular weight is 478 g/mol. The maximum atomic E-state index is 5.33. The van der Waals surface area contributed by atoms with Gasteiger partial charge in [-0.25, -0.2) is 4.98 Å². The van der Waals surface area contributed by atoms with Gasteiger partial charge in [0.2, 0.25) is 0 Å². The number of fused-ring (bicyclic) bond motifs is 5. The molecule has 178 valence electrons. The molecule has 1 aliphatic carbocycles. The highest BCUT2D eigenvalue weighted by molar-refractivity contribution is 5.99. The van der Waals surface area contributed by atoms with Gasteiger partial charge in [-0.15, -0.1) is 0 Å². The van der Waals surface area contributed by atoms with Crippen molar-refractivity contribution in [2.24, 2.45) is 0 Å². The Labute approximate surface area is 217 Å². The molecule has 0 radical (unpaired) electrons. The topological polar surface area (TPSA) is 37.8 Å². The van der Waals surface area contributed by atoms with Gasteiger partial charge in [-0.1, -0.05) is 78.9 Å². The van der Waals surface area contributed by atoms with Gasteiger partial charge in [0.05, 0.1) is 22.9 Å². The lowest BCUT2D eigenvalue weighted by molar-refractivity contribution is 0.719. The number of allylic oxidation sites excluding steroid dienone is 1. The molecule has 1 atom stereocenters. The molecule has 5 aromatic rings. The first-order valence-electron chi connectivity index (χ1n) is 12.9. The van der Waals surface area contributed by atoms with E-state index < -0.39 is 0 Å². The van der Waals surface area contributed by atoms with Crippen LogP contribution in [-0.4, -0.2) is 9.97 Å². The normalized spacial score (nSPS) is 16.0. The highest BCUT2D eigenvalue weighted by Gasteiger charge is 2.34. The number of hydrogen-bond donors (Lipinski definition) is 1. The molecule has 3 aromatic carbocycles. The third-order valence-electron chi connectivity index (χ3n) is 7.68. The van der Waals surface area contributed by atoms with Crippen molar-refractivity contribution < 1.29 is 0 Å². The lowest BCUT2D eigenvalue weighted by atomic mass is 9.77. The van der Waals surface area contributed by atoms with Crippen LogP contribution in [-0.2, 0) is 6.42 Å². The molecule has 3 nitrogen and oxygen atoms in total. The zero-order valence-corrected chi connectivity index (χ0v) is 20.8. The summed E-state index contributed by atoms with van der Waals surface area (Å²) in [5, 5.41) is 4.96. The number of hydrogen-bond acceptors (Lipinski definition) is 3. The molecule has 0 amide bonds. The van der Waals surface area contributed by atoms with Crippen molar-refractivity contribution in [1.29, 1.82) is 0 Å². The maximum Gasteiger partial charge on any atom is 0.0912 e. The van der Waals surface area contributed by atoms with E-state index in [9.17, 15) is 0 Å². The fourth-order valence-corrected chi connectivity index (χ4v) is 5.97. The number of pyridine rings is 2. The molecule has 2 aliphatic rings. The van der Waals surface area contributed by atoms with Crippen LogP contribution in [0.1, 0.15) is 47.3 Å². The minimum atomic E-state index is 0.0442. The van der Waals surface area contributed by atoms with E-state index in [-0.39, 0.29) is 6.04 Å². The number of para-hydroxylation sites is 1. The fraction of sp³-hybridized carbons (Fsp3) is 0.118. The van der Waals surface area contributed by atoms with Crippen LogP contribution in [0.25, 0.3) is 33.3 Å². The molecule has 3 heteroatoms. The zero-order valence-electron chi connectivity index (χ0n) is 20.8. The number of rotatable bonds is 3. The van der Waals surface area contributed by atoms with Crippen molar-refractivity contribution >= 4 is 27.7 Å². The second kappa shape index (κ2) is 8.56. The molecule has 0 saturated carbocycles. The van der Waals surface area contributed by atoms with Gasteiger partial charge < -0.3 is 5.32 Å². The number of aromatic nitrogens is 2. The Bertz CT molecular complexity index is 1730. The minimum absolute atomic E-state index is 0.0442. The van der Waals surface area contributed by atoms with Crippen molar-refractivity contribution in [3.05, 3.63) is 137 Å². The third kappa shape index (κ3) is 3.50. The highest BCUT2D eigenvalue weighted by Crippen LogP contribution is 2.48. The summed E-state index contributed by atoms with van der Waals surface area (Å²) in [7, 11) is 0. The molecule has 3 heterocycles. The number of aryl methyl sites for hydroxylation is 1. The van der Waals surface area contributed by atoms with Gasteiger partial charge >= 0.3 is 0 Å². The Balaban J connectivity index is 1.42. The quantitative estimate of drug-likeness (QED) is 0.284. The molecule has 2 aromatic heterocycles. The number of nitrogens with zero attached hydrogens (tertiary/aromatic N) is 2. The standard InChI is InChI=1S/C34H27N3/c1-21(2)24-17-18-27(33-25(24)12-8-20-35-33)30-19-15-23-14-16-28-31(22-9-4-3-5-10-22)26-11-6-7-13-29(26)37-34(28)32(23)36-30/h3-13,15,17-20,34,37H,1,14,16H2,2H3. The first-order chi connectivity index (χ1) is 18.2. The molecule has 1 aliphatic heterocycles. The van der Waals surface area contributed by atoms with E-state index in [2.05, 4.69) is 96.8 Å². The van der Waals surface area contributed by atoms with Crippen molar-refractivity contribution in [3.63, 3.8) is 0 Å². The third-order valence-corrected chi connectivity index (χ3v) is 7.68. The average Bonchev–Trinajstić information content (AvgIpc) is 2.95. The molecule has 1 N–H and O–H groups in total. The second-order valence-corrected chi connectivity index (χ2v) is 9.97. The van der Waals surface area contributed by atoms with Crippen molar-refractivity contribution in [2.45, 2.75) is 25.8 Å². The fourth-order valence-electron chi connectivity index (χ4n) is 5.97. The lowest BCUT2D eigenvalue weighted by Crippen LogP contribution is -2.26. The van der Waals surface area contributed by atoms with Crippen LogP contribution < -0.4 is 5.32 Å². The van der Waals surface area contributed by atoms with E-state index in [0.717, 1.165) is 57.5 Å². The van der Waals surface area contributed by atoms with Gasteiger partial charge in [-0.3, -0.25) is 4.98 Å². The smallest absolute Gasteiger partial charge is 0.0912 e. The van der Waals surface area contributed by atoms with Gasteiger partial charge in [-0.2, -0.15) is 0 Å². The summed E-state index contributed by atoms with van der Waals surface area (Å²) in [6, 6.07) is 32.3. The van der Waals surface area contributed by atoms with E-state index in [1.54, 1.807) is 0 Å². The Morgan fingerprint density at radius 1 is 0.838 bits per heavy atom. The Hall–Kier alpha value is -4.50. The van der Waals surface area contributed by atoms with E-state index in [0.29, 0.717) is 0 Å². The van der Waals surface area contributed by atoms with Crippen LogP contribution in [0.15, 0.2) is 109 Å². The lowest BCUT2D eigenvalue weighted by Gasteiger charge is -2.36. The predicted molar refractivity (Wildman–Crippen MR) is 153 cm³/mol. The van der Waals surface area contributed by atoms with Gasteiger partial charge in [-0.05, 0) is 71.9 Å². The van der Waals surface area contributed by atoms with Crippen LogP contribution in [0.5, 0.6) is 0 Å². The van der Waals surface area contributed by atoms with Crippen LogP contribution in [0.2, 0.25) is 0 Å². The SMILES string of the molecule is C=C(C)c1ccc(-c2ccc3c(n2)C2Nc4ccccc4C(c4ccccc4)=C2CC3)c2ncccc12. The summed E-state index contributed by atoms with van der Waals surface area (Å²) in [5.41, 5.74) is 14.0. The largest absolute Gasteiger partial charge is 0.372 e. The summed E-state index contributed by atoms with van der Waals surface area (Å²) in [6.45, 7) is 6.22. The van der Waals surface area contributed by atoms with Gasteiger partial charge in [0.1, 0.15) is 0 Å². The zero-order chi connectivity index (χ0) is 24.9. The Morgan fingerprint density at radius 3 is 2.54 bits per heavy atom. The number of benzene rings is 3. The molecular formula is C34H27N3. The first kappa shape index (κ1) is 21.8. The maximum absolute atomic E-state index is 5.33. The summed E-state index contributed by atoms with van der Waals surface area (Å²) >= 11 is 0. The Morgan fingerprint density at radius 2 is 1.68 bits per heavy atom. The summed E-state index contributed by atoms with van der Waals surface area (Å²) < 4.78 is 0. The molecule has 0 fully saturated rings. The van der Waals surface area contributed by atoms with E-state index in [1.807, 2.05) is 19.2 Å². The van der Waals surface area contributed by atoms with E-state index in [1.165, 1.54) is 27.8 Å². The first-order valence-corrected chi connectivity index (χ1v) is 12.9. The van der Waals surface area contributed by atoms with Crippen LogP contribution in [0, 0.1) is 0 Å². The summed E-state index contributed by atoms with van der Waals surface area (Å²) in [4.78, 5) is 10.1. The monoisotopic (exact) mass is 477 g/mol. The number of anilines is 1.